The van der Waals surface area contributed by atoms with Crippen LogP contribution in [0.4, 0.5) is 0 Å². The van der Waals surface area contributed by atoms with Gasteiger partial charge in [-0.15, -0.1) is 0 Å². The Labute approximate surface area is 104 Å². The van der Waals surface area contributed by atoms with E-state index in [1.54, 1.807) is 0 Å². The summed E-state index contributed by atoms with van der Waals surface area (Å²) in [5.41, 5.74) is 4.96. The topological polar surface area (TPSA) is 18.5 Å². The summed E-state index contributed by atoms with van der Waals surface area (Å²) in [5.74, 6) is 0.566. The molecule has 0 saturated carbocycles. The Hall–Kier alpha value is -0.900. The van der Waals surface area contributed by atoms with E-state index >= 15 is 0 Å². The van der Waals surface area contributed by atoms with Gasteiger partial charge in [0.2, 0.25) is 0 Å². The smallest absolute Gasteiger partial charge is 0.0259 e. The van der Waals surface area contributed by atoms with Gasteiger partial charge in [0, 0.05) is 32.7 Å². The normalized spacial score (nSPS) is 20.4. The molecule has 1 aromatic carbocycles. The number of piperazine rings is 1. The lowest BCUT2D eigenvalue weighted by molar-refractivity contribution is 0.103. The average molecular weight is 233 g/mol. The Morgan fingerprint density at radius 2 is 1.76 bits per heavy atom. The van der Waals surface area contributed by atoms with E-state index in [1.165, 1.54) is 5.56 Å². The third-order valence-electron chi connectivity index (χ3n) is 3.49. The lowest BCUT2D eigenvalue weighted by Crippen LogP contribution is -2.51. The van der Waals surface area contributed by atoms with Crippen LogP contribution in [0.1, 0.15) is 18.4 Å². The van der Waals surface area contributed by atoms with Gasteiger partial charge < -0.3 is 4.90 Å². The second-order valence-electron chi connectivity index (χ2n) is 4.96. The van der Waals surface area contributed by atoms with Crippen LogP contribution in [0.3, 0.4) is 0 Å². The number of nitrogens with one attached hydrogen (secondary N) is 1. The van der Waals surface area contributed by atoms with Gasteiger partial charge in [-0.05, 0) is 18.5 Å². The van der Waals surface area contributed by atoms with Crippen LogP contribution < -0.4 is 5.43 Å². The Morgan fingerprint density at radius 1 is 1.12 bits per heavy atom. The fourth-order valence-corrected chi connectivity index (χ4v) is 2.13. The first-order valence-corrected chi connectivity index (χ1v) is 6.47. The van der Waals surface area contributed by atoms with E-state index < -0.39 is 0 Å². The number of hydrogen-bond acceptors (Lipinski definition) is 3. The van der Waals surface area contributed by atoms with Crippen molar-refractivity contribution < 1.29 is 0 Å². The fourth-order valence-electron chi connectivity index (χ4n) is 2.13. The maximum absolute atomic E-state index is 3.55. The zero-order chi connectivity index (χ0) is 12.1. The van der Waals surface area contributed by atoms with Gasteiger partial charge in [-0.25, -0.2) is 5.01 Å². The third kappa shape index (κ3) is 3.80. The highest BCUT2D eigenvalue weighted by molar-refractivity contribution is 5.18. The first-order valence-electron chi connectivity index (χ1n) is 6.47. The summed E-state index contributed by atoms with van der Waals surface area (Å²) in [4.78, 5) is 2.37. The molecule has 1 aromatic rings. The van der Waals surface area contributed by atoms with Crippen LogP contribution in [0.5, 0.6) is 0 Å². The molecule has 0 amide bonds. The van der Waals surface area contributed by atoms with Crippen molar-refractivity contribution in [3.8, 4) is 0 Å². The Kier molecular flexibility index (Phi) is 4.54. The van der Waals surface area contributed by atoms with Crippen LogP contribution in [0.2, 0.25) is 0 Å². The van der Waals surface area contributed by atoms with E-state index in [1.807, 2.05) is 0 Å². The molecule has 1 aliphatic heterocycles. The summed E-state index contributed by atoms with van der Waals surface area (Å²) in [7, 11) is 2.18. The molecule has 1 heterocycles. The maximum Gasteiger partial charge on any atom is 0.0259 e. The molecule has 0 radical (unpaired) electrons. The highest BCUT2D eigenvalue weighted by Crippen LogP contribution is 2.13. The molecule has 1 N–H and O–H groups in total. The molecule has 1 aliphatic rings. The van der Waals surface area contributed by atoms with Crippen LogP contribution in [-0.4, -0.2) is 49.7 Å². The summed E-state index contributed by atoms with van der Waals surface area (Å²) < 4.78 is 0. The Balaban J connectivity index is 1.75. The summed E-state index contributed by atoms with van der Waals surface area (Å²) in [5, 5.41) is 2.35. The maximum atomic E-state index is 3.55. The van der Waals surface area contributed by atoms with Crippen molar-refractivity contribution >= 4 is 0 Å². The molecule has 1 atom stereocenters. The molecule has 1 unspecified atom stereocenters. The second kappa shape index (κ2) is 6.15. The standard InChI is InChI=1S/C14H23N3/c1-13(14-6-4-3-5-7-14)12-15-17-10-8-16(2)9-11-17/h3-7,13,15H,8-12H2,1-2H3. The lowest BCUT2D eigenvalue weighted by atomic mass is 10.0. The molecule has 17 heavy (non-hydrogen) atoms. The first kappa shape index (κ1) is 12.6. The van der Waals surface area contributed by atoms with Crippen LogP contribution in [0.15, 0.2) is 30.3 Å². The highest BCUT2D eigenvalue weighted by atomic mass is 15.5. The lowest BCUT2D eigenvalue weighted by Gasteiger charge is -2.33. The number of hydrazine groups is 1. The second-order valence-corrected chi connectivity index (χ2v) is 4.96. The van der Waals surface area contributed by atoms with Gasteiger partial charge in [0.15, 0.2) is 0 Å². The van der Waals surface area contributed by atoms with Crippen molar-refractivity contribution in [2.75, 3.05) is 39.8 Å². The first-order chi connectivity index (χ1) is 8.25. The fraction of sp³-hybridized carbons (Fsp3) is 0.571. The quantitative estimate of drug-likeness (QED) is 0.851. The van der Waals surface area contributed by atoms with E-state index in [9.17, 15) is 0 Å². The molecular formula is C14H23N3. The number of nitrogens with zero attached hydrogens (tertiary/aromatic N) is 2. The molecule has 3 heteroatoms. The van der Waals surface area contributed by atoms with E-state index in [0.717, 1.165) is 32.7 Å². The van der Waals surface area contributed by atoms with Gasteiger partial charge >= 0.3 is 0 Å². The zero-order valence-corrected chi connectivity index (χ0v) is 10.9. The number of hydrogen-bond donors (Lipinski definition) is 1. The number of rotatable bonds is 4. The van der Waals surface area contributed by atoms with Crippen LogP contribution in [0, 0.1) is 0 Å². The molecule has 0 aliphatic carbocycles. The van der Waals surface area contributed by atoms with E-state index in [-0.39, 0.29) is 0 Å². The van der Waals surface area contributed by atoms with Crippen LogP contribution in [-0.2, 0) is 0 Å². The zero-order valence-electron chi connectivity index (χ0n) is 10.9. The molecule has 3 nitrogen and oxygen atoms in total. The minimum Gasteiger partial charge on any atom is -0.304 e. The minimum atomic E-state index is 0.566. The summed E-state index contributed by atoms with van der Waals surface area (Å²) in [6.45, 7) is 7.86. The number of benzene rings is 1. The van der Waals surface area contributed by atoms with Gasteiger partial charge in [0.25, 0.3) is 0 Å². The van der Waals surface area contributed by atoms with Crippen molar-refractivity contribution in [3.63, 3.8) is 0 Å². The van der Waals surface area contributed by atoms with Crippen molar-refractivity contribution in [2.45, 2.75) is 12.8 Å². The molecule has 1 saturated heterocycles. The van der Waals surface area contributed by atoms with Crippen molar-refractivity contribution in [1.82, 2.24) is 15.3 Å². The van der Waals surface area contributed by atoms with E-state index in [2.05, 4.69) is 59.6 Å². The summed E-state index contributed by atoms with van der Waals surface area (Å²) in [6, 6.07) is 10.7. The summed E-state index contributed by atoms with van der Waals surface area (Å²) >= 11 is 0. The van der Waals surface area contributed by atoms with Crippen LogP contribution >= 0.6 is 0 Å². The predicted octanol–water partition coefficient (Wildman–Crippen LogP) is 1.54. The Morgan fingerprint density at radius 3 is 2.41 bits per heavy atom. The predicted molar refractivity (Wildman–Crippen MR) is 71.9 cm³/mol. The van der Waals surface area contributed by atoms with E-state index in [0.29, 0.717) is 5.92 Å². The average Bonchev–Trinajstić information content (AvgIpc) is 2.39. The molecule has 0 aromatic heterocycles. The molecule has 0 spiro atoms. The Bertz CT molecular complexity index is 317. The highest BCUT2D eigenvalue weighted by Gasteiger charge is 2.14. The third-order valence-corrected chi connectivity index (χ3v) is 3.49. The van der Waals surface area contributed by atoms with Crippen molar-refractivity contribution in [2.24, 2.45) is 0 Å². The van der Waals surface area contributed by atoms with E-state index in [4.69, 9.17) is 0 Å². The molecule has 94 valence electrons. The van der Waals surface area contributed by atoms with Crippen molar-refractivity contribution in [3.05, 3.63) is 35.9 Å². The summed E-state index contributed by atoms with van der Waals surface area (Å²) in [6.07, 6.45) is 0. The van der Waals surface area contributed by atoms with Crippen molar-refractivity contribution in [1.29, 1.82) is 0 Å². The number of likely N-dealkylation sites (N-methyl/N-ethyl adjacent to an activating group) is 1. The van der Waals surface area contributed by atoms with Gasteiger partial charge in [0.05, 0.1) is 0 Å². The molecule has 0 bridgehead atoms. The minimum absolute atomic E-state index is 0.566. The monoisotopic (exact) mass is 233 g/mol. The molecule has 2 rings (SSSR count). The largest absolute Gasteiger partial charge is 0.304 e. The van der Waals surface area contributed by atoms with Gasteiger partial charge in [0.1, 0.15) is 0 Å². The van der Waals surface area contributed by atoms with Gasteiger partial charge in [-0.2, -0.15) is 0 Å². The molecule has 1 fully saturated rings. The van der Waals surface area contributed by atoms with Crippen LogP contribution in [0.25, 0.3) is 0 Å². The molecular weight excluding hydrogens is 210 g/mol. The SMILES string of the molecule is CC(CNN1CCN(C)CC1)c1ccccc1. The van der Waals surface area contributed by atoms with Gasteiger partial charge in [-0.3, -0.25) is 5.43 Å². The van der Waals surface area contributed by atoms with Gasteiger partial charge in [-0.1, -0.05) is 37.3 Å².